The Hall–Kier alpha value is -2.04. The molecule has 0 spiro atoms. The predicted octanol–water partition coefficient (Wildman–Crippen LogP) is 2.89. The molecule has 2 amide bonds. The second-order valence-electron chi connectivity index (χ2n) is 5.48. The Labute approximate surface area is 126 Å². The van der Waals surface area contributed by atoms with Crippen molar-refractivity contribution in [3.63, 3.8) is 0 Å². The fourth-order valence-electron chi connectivity index (χ4n) is 1.97. The second kappa shape index (κ2) is 7.67. The van der Waals surface area contributed by atoms with Gasteiger partial charge in [0.15, 0.2) is 0 Å². The van der Waals surface area contributed by atoms with E-state index in [1.165, 1.54) is 10.5 Å². The van der Waals surface area contributed by atoms with Crippen molar-refractivity contribution in [2.24, 2.45) is 5.92 Å². The molecule has 116 valence electrons. The van der Waals surface area contributed by atoms with Crippen molar-refractivity contribution in [2.75, 3.05) is 11.9 Å². The molecule has 5 heteroatoms. The average molecular weight is 292 g/mol. The first kappa shape index (κ1) is 17.0. The van der Waals surface area contributed by atoms with Crippen LogP contribution in [0.5, 0.6) is 0 Å². The van der Waals surface area contributed by atoms with Crippen LogP contribution in [0.1, 0.15) is 32.8 Å². The Morgan fingerprint density at radius 2 is 1.81 bits per heavy atom. The summed E-state index contributed by atoms with van der Waals surface area (Å²) in [5.74, 6) is -0.857. The molecule has 0 fully saturated rings. The molecule has 0 bridgehead atoms. The number of amides is 2. The van der Waals surface area contributed by atoms with E-state index in [0.717, 1.165) is 12.1 Å². The van der Waals surface area contributed by atoms with Crippen molar-refractivity contribution < 1.29 is 14.7 Å². The number of aliphatic carboxylic acids is 1. The van der Waals surface area contributed by atoms with E-state index in [-0.39, 0.29) is 24.4 Å². The number of carbonyl (C=O) groups excluding carboxylic acids is 1. The topological polar surface area (TPSA) is 69.6 Å². The largest absolute Gasteiger partial charge is 0.481 e. The highest BCUT2D eigenvalue weighted by Crippen LogP contribution is 2.15. The molecule has 2 N–H and O–H groups in total. The van der Waals surface area contributed by atoms with Crippen LogP contribution >= 0.6 is 0 Å². The summed E-state index contributed by atoms with van der Waals surface area (Å²) in [7, 11) is 1.68. The highest BCUT2D eigenvalue weighted by molar-refractivity contribution is 5.91. The van der Waals surface area contributed by atoms with Crippen LogP contribution < -0.4 is 10.2 Å². The summed E-state index contributed by atoms with van der Waals surface area (Å²) in [6, 6.07) is 7.07. The van der Waals surface area contributed by atoms with Gasteiger partial charge in [-0.25, -0.2) is 4.79 Å². The minimum atomic E-state index is -0.913. The van der Waals surface area contributed by atoms with Crippen molar-refractivity contribution in [3.05, 3.63) is 29.8 Å². The molecule has 1 aromatic rings. The van der Waals surface area contributed by atoms with Crippen LogP contribution in [0.2, 0.25) is 0 Å². The van der Waals surface area contributed by atoms with Gasteiger partial charge in [-0.05, 0) is 30.0 Å². The first-order chi connectivity index (χ1) is 9.85. The van der Waals surface area contributed by atoms with Crippen LogP contribution in [0.15, 0.2) is 24.3 Å². The molecule has 1 unspecified atom stereocenters. The number of benzene rings is 1. The van der Waals surface area contributed by atoms with Crippen LogP contribution in [0, 0.1) is 5.92 Å². The molecule has 1 aromatic carbocycles. The molecule has 21 heavy (non-hydrogen) atoms. The molecule has 5 nitrogen and oxygen atoms in total. The lowest BCUT2D eigenvalue weighted by Crippen LogP contribution is -2.46. The molecular formula is C16H24N2O3. The highest BCUT2D eigenvalue weighted by Gasteiger charge is 2.21. The van der Waals surface area contributed by atoms with Gasteiger partial charge in [-0.2, -0.15) is 0 Å². The van der Waals surface area contributed by atoms with Crippen LogP contribution in [0.3, 0.4) is 0 Å². The van der Waals surface area contributed by atoms with Gasteiger partial charge in [0.2, 0.25) is 0 Å². The minimum Gasteiger partial charge on any atom is -0.481 e. The standard InChI is InChI=1S/C16H24N2O3/c1-5-12-6-8-13(9-7-12)18(4)16(21)17-14(11(2)3)10-15(19)20/h6-9,11,14H,5,10H2,1-4H3,(H,17,21)(H,19,20). The Morgan fingerprint density at radius 3 is 2.24 bits per heavy atom. The zero-order chi connectivity index (χ0) is 16.0. The van der Waals surface area contributed by atoms with E-state index in [2.05, 4.69) is 12.2 Å². The summed E-state index contributed by atoms with van der Waals surface area (Å²) in [5.41, 5.74) is 1.99. The summed E-state index contributed by atoms with van der Waals surface area (Å²) < 4.78 is 0. The van der Waals surface area contributed by atoms with E-state index >= 15 is 0 Å². The van der Waals surface area contributed by atoms with E-state index in [1.54, 1.807) is 7.05 Å². The Bertz CT molecular complexity index is 483. The van der Waals surface area contributed by atoms with Gasteiger partial charge in [0, 0.05) is 18.8 Å². The molecule has 0 aliphatic rings. The van der Waals surface area contributed by atoms with Crippen molar-refractivity contribution >= 4 is 17.7 Å². The molecule has 0 saturated carbocycles. The molecular weight excluding hydrogens is 268 g/mol. The number of hydrogen-bond acceptors (Lipinski definition) is 2. The zero-order valence-electron chi connectivity index (χ0n) is 13.1. The monoisotopic (exact) mass is 292 g/mol. The summed E-state index contributed by atoms with van der Waals surface area (Å²) in [6.45, 7) is 5.86. The quantitative estimate of drug-likeness (QED) is 0.847. The molecule has 0 aromatic heterocycles. The lowest BCUT2D eigenvalue weighted by molar-refractivity contribution is -0.137. The third-order valence-corrected chi connectivity index (χ3v) is 3.54. The van der Waals surface area contributed by atoms with Crippen LogP contribution in [0.25, 0.3) is 0 Å². The zero-order valence-corrected chi connectivity index (χ0v) is 13.1. The maximum Gasteiger partial charge on any atom is 0.321 e. The third-order valence-electron chi connectivity index (χ3n) is 3.54. The maximum absolute atomic E-state index is 12.2. The number of carboxylic acid groups (broad SMARTS) is 1. The van der Waals surface area contributed by atoms with Crippen molar-refractivity contribution in [1.82, 2.24) is 5.32 Å². The maximum atomic E-state index is 12.2. The molecule has 0 aliphatic carbocycles. The number of carboxylic acids is 1. The molecule has 1 rings (SSSR count). The number of carbonyl (C=O) groups is 2. The van der Waals surface area contributed by atoms with Crippen molar-refractivity contribution in [2.45, 2.75) is 39.7 Å². The molecule has 1 atom stereocenters. The van der Waals surface area contributed by atoms with E-state index in [1.807, 2.05) is 38.1 Å². The van der Waals surface area contributed by atoms with Gasteiger partial charge in [-0.1, -0.05) is 32.9 Å². The van der Waals surface area contributed by atoms with Gasteiger partial charge < -0.3 is 10.4 Å². The van der Waals surface area contributed by atoms with Crippen LogP contribution in [-0.4, -0.2) is 30.2 Å². The van der Waals surface area contributed by atoms with E-state index in [0.29, 0.717) is 0 Å². The smallest absolute Gasteiger partial charge is 0.321 e. The van der Waals surface area contributed by atoms with Crippen LogP contribution in [-0.2, 0) is 11.2 Å². The lowest BCUT2D eigenvalue weighted by atomic mass is 10.0. The first-order valence-corrected chi connectivity index (χ1v) is 7.20. The first-order valence-electron chi connectivity index (χ1n) is 7.20. The molecule has 0 saturated heterocycles. The number of urea groups is 1. The van der Waals surface area contributed by atoms with Gasteiger partial charge >= 0.3 is 12.0 Å². The fourth-order valence-corrected chi connectivity index (χ4v) is 1.97. The van der Waals surface area contributed by atoms with Gasteiger partial charge in [-0.3, -0.25) is 9.69 Å². The number of rotatable bonds is 6. The number of aryl methyl sites for hydroxylation is 1. The number of anilines is 1. The third kappa shape index (κ3) is 5.10. The van der Waals surface area contributed by atoms with Gasteiger partial charge in [0.25, 0.3) is 0 Å². The van der Waals surface area contributed by atoms with Gasteiger partial charge in [0.1, 0.15) is 0 Å². The fraction of sp³-hybridized carbons (Fsp3) is 0.500. The summed E-state index contributed by atoms with van der Waals surface area (Å²) in [6.07, 6.45) is 0.871. The van der Waals surface area contributed by atoms with Gasteiger partial charge in [0.05, 0.1) is 6.42 Å². The number of hydrogen-bond donors (Lipinski definition) is 2. The number of nitrogens with zero attached hydrogens (tertiary/aromatic N) is 1. The second-order valence-corrected chi connectivity index (χ2v) is 5.48. The Balaban J connectivity index is 2.73. The summed E-state index contributed by atoms with van der Waals surface area (Å²) in [4.78, 5) is 24.6. The number of nitrogens with one attached hydrogen (secondary N) is 1. The Morgan fingerprint density at radius 1 is 1.24 bits per heavy atom. The van der Waals surface area contributed by atoms with Crippen molar-refractivity contribution in [3.8, 4) is 0 Å². The molecule has 0 radical (unpaired) electrons. The summed E-state index contributed by atoms with van der Waals surface area (Å²) >= 11 is 0. The average Bonchev–Trinajstić information content (AvgIpc) is 2.45. The highest BCUT2D eigenvalue weighted by atomic mass is 16.4. The molecule has 0 heterocycles. The van der Waals surface area contributed by atoms with E-state index in [4.69, 9.17) is 5.11 Å². The van der Waals surface area contributed by atoms with Gasteiger partial charge in [-0.15, -0.1) is 0 Å². The van der Waals surface area contributed by atoms with E-state index < -0.39 is 5.97 Å². The summed E-state index contributed by atoms with van der Waals surface area (Å²) in [5, 5.41) is 11.7. The van der Waals surface area contributed by atoms with E-state index in [9.17, 15) is 9.59 Å². The molecule has 0 aliphatic heterocycles. The minimum absolute atomic E-state index is 0.0564. The Kier molecular flexibility index (Phi) is 6.21. The predicted molar refractivity (Wildman–Crippen MR) is 83.6 cm³/mol. The van der Waals surface area contributed by atoms with Crippen molar-refractivity contribution in [1.29, 1.82) is 0 Å². The van der Waals surface area contributed by atoms with Crippen LogP contribution in [0.4, 0.5) is 10.5 Å². The normalized spacial score (nSPS) is 12.0. The lowest BCUT2D eigenvalue weighted by Gasteiger charge is -2.25. The SMILES string of the molecule is CCc1ccc(N(C)C(=O)NC(CC(=O)O)C(C)C)cc1.